The van der Waals surface area contributed by atoms with Gasteiger partial charge in [0, 0.05) is 0 Å². The lowest BCUT2D eigenvalue weighted by Gasteiger charge is -2.40. The van der Waals surface area contributed by atoms with E-state index in [0.29, 0.717) is 4.88 Å². The topological polar surface area (TPSA) is 58.6 Å². The molecule has 0 amide bonds. The molecule has 3 rings (SSSR count). The van der Waals surface area contributed by atoms with Crippen LogP contribution in [-0.2, 0) is 0 Å². The number of carbonyl (C=O) groups is 1. The van der Waals surface area contributed by atoms with Gasteiger partial charge in [-0.1, -0.05) is 17.8 Å². The molecule has 2 N–H and O–H groups in total. The van der Waals surface area contributed by atoms with Gasteiger partial charge < -0.3 is 15.2 Å². The third-order valence-electron chi connectivity index (χ3n) is 3.58. The summed E-state index contributed by atoms with van der Waals surface area (Å²) in [6.07, 6.45) is 5.82. The van der Waals surface area contributed by atoms with Gasteiger partial charge in [-0.05, 0) is 31.7 Å². The first kappa shape index (κ1) is 10.9. The summed E-state index contributed by atoms with van der Waals surface area (Å²) in [6, 6.07) is 1.66. The Morgan fingerprint density at radius 2 is 2.18 bits per heavy atom. The number of thiophene rings is 1. The fraction of sp³-hybridized carbons (Fsp3) is 0.583. The van der Waals surface area contributed by atoms with Crippen LogP contribution in [0.4, 0.5) is 5.69 Å². The Kier molecular flexibility index (Phi) is 2.50. The normalized spacial score (nSPS) is 21.4. The van der Waals surface area contributed by atoms with Crippen molar-refractivity contribution in [3.63, 3.8) is 0 Å². The van der Waals surface area contributed by atoms with Gasteiger partial charge in [-0.15, -0.1) is 0 Å². The molecule has 1 aromatic heterocycles. The van der Waals surface area contributed by atoms with Crippen LogP contribution in [0, 0.1) is 0 Å². The average Bonchev–Trinajstić information content (AvgIpc) is 2.73. The Balaban J connectivity index is 1.86. The zero-order valence-electron chi connectivity index (χ0n) is 9.49. The summed E-state index contributed by atoms with van der Waals surface area (Å²) >= 11 is 1.23. The molecule has 1 aliphatic heterocycles. The number of hydrogen-bond acceptors (Lipinski definition) is 4. The maximum Gasteiger partial charge on any atom is 0.346 e. The number of carboxylic acid groups (broad SMARTS) is 1. The highest BCUT2D eigenvalue weighted by Crippen LogP contribution is 2.44. The molecule has 4 nitrogen and oxygen atoms in total. The maximum absolute atomic E-state index is 10.9. The van der Waals surface area contributed by atoms with Gasteiger partial charge in [-0.3, -0.25) is 0 Å². The van der Waals surface area contributed by atoms with Crippen LogP contribution in [0.15, 0.2) is 6.07 Å². The third-order valence-corrected chi connectivity index (χ3v) is 4.58. The van der Waals surface area contributed by atoms with Crippen LogP contribution in [-0.4, -0.2) is 23.2 Å². The summed E-state index contributed by atoms with van der Waals surface area (Å²) in [5.41, 5.74) is 0.745. The predicted octanol–water partition coefficient (Wildman–Crippen LogP) is 2.95. The molecular weight excluding hydrogens is 238 g/mol. The van der Waals surface area contributed by atoms with E-state index in [0.717, 1.165) is 30.1 Å². The van der Waals surface area contributed by atoms with Gasteiger partial charge in [0.15, 0.2) is 5.06 Å². The highest BCUT2D eigenvalue weighted by Gasteiger charge is 2.38. The molecule has 1 fully saturated rings. The Labute approximate surface area is 104 Å². The number of nitrogens with one attached hydrogen (secondary N) is 1. The molecule has 2 aliphatic rings. The fourth-order valence-electron chi connectivity index (χ4n) is 2.64. The second-order valence-electron chi connectivity index (χ2n) is 4.82. The summed E-state index contributed by atoms with van der Waals surface area (Å²) in [7, 11) is 0. The van der Waals surface area contributed by atoms with E-state index in [2.05, 4.69) is 5.32 Å². The minimum atomic E-state index is -0.882. The van der Waals surface area contributed by atoms with Crippen molar-refractivity contribution in [3.05, 3.63) is 10.9 Å². The highest BCUT2D eigenvalue weighted by molar-refractivity contribution is 7.16. The molecule has 0 atom stereocenters. The quantitative estimate of drug-likeness (QED) is 0.808. The van der Waals surface area contributed by atoms with Crippen molar-refractivity contribution in [3.8, 4) is 5.06 Å². The minimum Gasteiger partial charge on any atom is -0.477 e. The van der Waals surface area contributed by atoms with Crippen molar-refractivity contribution in [2.24, 2.45) is 0 Å². The lowest BCUT2D eigenvalue weighted by atomic mass is 9.84. The van der Waals surface area contributed by atoms with Crippen LogP contribution in [0.3, 0.4) is 0 Å². The van der Waals surface area contributed by atoms with Crippen molar-refractivity contribution in [2.45, 2.75) is 37.7 Å². The molecule has 5 heteroatoms. The SMILES string of the molecule is O=C(O)c1cc2c(s1)OC1(CCCCC1)CN2. The van der Waals surface area contributed by atoms with E-state index in [4.69, 9.17) is 9.84 Å². The Hall–Kier alpha value is -1.23. The summed E-state index contributed by atoms with van der Waals surface area (Å²) in [5.74, 6) is -0.882. The fourth-order valence-corrected chi connectivity index (χ4v) is 3.57. The second kappa shape index (κ2) is 3.91. The number of fused-ring (bicyclic) bond motifs is 1. The number of aromatic carboxylic acids is 1. The Morgan fingerprint density at radius 1 is 1.41 bits per heavy atom. The van der Waals surface area contributed by atoms with Gasteiger partial charge in [-0.25, -0.2) is 4.79 Å². The molecule has 0 aromatic carbocycles. The van der Waals surface area contributed by atoms with Crippen LogP contribution in [0.5, 0.6) is 5.06 Å². The standard InChI is InChI=1S/C12H15NO3S/c14-10(15)9-6-8-11(17-9)16-12(7-13-8)4-2-1-3-5-12/h6,13H,1-5,7H2,(H,14,15). The zero-order valence-corrected chi connectivity index (χ0v) is 10.3. The van der Waals surface area contributed by atoms with E-state index in [9.17, 15) is 4.79 Å². The van der Waals surface area contributed by atoms with Crippen molar-refractivity contribution in [2.75, 3.05) is 11.9 Å². The van der Waals surface area contributed by atoms with Gasteiger partial charge in [0.25, 0.3) is 0 Å². The Morgan fingerprint density at radius 3 is 2.88 bits per heavy atom. The zero-order chi connectivity index (χ0) is 11.9. The number of hydrogen-bond donors (Lipinski definition) is 2. The van der Waals surface area contributed by atoms with Crippen molar-refractivity contribution < 1.29 is 14.6 Å². The van der Waals surface area contributed by atoms with Gasteiger partial charge in [0.05, 0.1) is 12.2 Å². The molecule has 92 valence electrons. The molecule has 1 aliphatic carbocycles. The van der Waals surface area contributed by atoms with E-state index in [1.165, 1.54) is 30.6 Å². The summed E-state index contributed by atoms with van der Waals surface area (Å²) < 4.78 is 6.08. The molecule has 0 saturated heterocycles. The summed E-state index contributed by atoms with van der Waals surface area (Å²) in [4.78, 5) is 11.3. The second-order valence-corrected chi connectivity index (χ2v) is 5.83. The van der Waals surface area contributed by atoms with Crippen molar-refractivity contribution >= 4 is 23.0 Å². The first-order chi connectivity index (χ1) is 8.19. The number of anilines is 1. The van der Waals surface area contributed by atoms with E-state index < -0.39 is 5.97 Å². The number of rotatable bonds is 1. The molecule has 1 spiro atoms. The summed E-state index contributed by atoms with van der Waals surface area (Å²) in [6.45, 7) is 0.801. The maximum atomic E-state index is 10.9. The largest absolute Gasteiger partial charge is 0.477 e. The molecular formula is C12H15NO3S. The first-order valence-electron chi connectivity index (χ1n) is 5.99. The lowest BCUT2D eigenvalue weighted by Crippen LogP contribution is -2.46. The van der Waals surface area contributed by atoms with Crippen molar-refractivity contribution in [1.82, 2.24) is 0 Å². The van der Waals surface area contributed by atoms with Crippen LogP contribution in [0.1, 0.15) is 41.8 Å². The van der Waals surface area contributed by atoms with E-state index in [1.807, 2.05) is 0 Å². The number of ether oxygens (including phenoxy) is 1. The van der Waals surface area contributed by atoms with Crippen LogP contribution >= 0.6 is 11.3 Å². The van der Waals surface area contributed by atoms with E-state index in [-0.39, 0.29) is 5.60 Å². The van der Waals surface area contributed by atoms with Gasteiger partial charge >= 0.3 is 5.97 Å². The minimum absolute atomic E-state index is 0.0914. The van der Waals surface area contributed by atoms with Crippen LogP contribution < -0.4 is 10.1 Å². The van der Waals surface area contributed by atoms with Crippen molar-refractivity contribution in [1.29, 1.82) is 0 Å². The molecule has 1 saturated carbocycles. The molecule has 17 heavy (non-hydrogen) atoms. The monoisotopic (exact) mass is 253 g/mol. The third kappa shape index (κ3) is 1.88. The van der Waals surface area contributed by atoms with Gasteiger partial charge in [0.2, 0.25) is 0 Å². The molecule has 0 bridgehead atoms. The number of carboxylic acids is 1. The van der Waals surface area contributed by atoms with Gasteiger partial charge in [-0.2, -0.15) is 0 Å². The lowest BCUT2D eigenvalue weighted by molar-refractivity contribution is 0.0409. The van der Waals surface area contributed by atoms with Crippen LogP contribution in [0.25, 0.3) is 0 Å². The molecule has 0 radical (unpaired) electrons. The van der Waals surface area contributed by atoms with Gasteiger partial charge in [0.1, 0.15) is 10.5 Å². The first-order valence-corrected chi connectivity index (χ1v) is 6.80. The molecule has 1 aromatic rings. The highest BCUT2D eigenvalue weighted by atomic mass is 32.1. The van der Waals surface area contributed by atoms with E-state index in [1.54, 1.807) is 6.07 Å². The molecule has 0 unspecified atom stereocenters. The Bertz CT molecular complexity index is 449. The average molecular weight is 253 g/mol. The summed E-state index contributed by atoms with van der Waals surface area (Å²) in [5, 5.41) is 13.0. The predicted molar refractivity (Wildman–Crippen MR) is 66.2 cm³/mol. The smallest absolute Gasteiger partial charge is 0.346 e. The van der Waals surface area contributed by atoms with E-state index >= 15 is 0 Å². The van der Waals surface area contributed by atoms with Crippen LogP contribution in [0.2, 0.25) is 0 Å². The molecule has 2 heterocycles.